The lowest BCUT2D eigenvalue weighted by atomic mass is 10.2. The Morgan fingerprint density at radius 2 is 2.11 bits per heavy atom. The number of amides is 2. The molecule has 0 radical (unpaired) electrons. The van der Waals surface area contributed by atoms with E-state index in [1.807, 2.05) is 4.90 Å². The van der Waals surface area contributed by atoms with Crippen LogP contribution in [0, 0.1) is 5.82 Å². The molecule has 0 saturated carbocycles. The molecule has 1 aromatic carbocycles. The summed E-state index contributed by atoms with van der Waals surface area (Å²) in [6.07, 6.45) is -1.06. The number of carbonyl (C=O) groups excluding carboxylic acids is 2. The molecule has 2 amide bonds. The second-order valence-corrected chi connectivity index (χ2v) is 6.51. The Kier molecular flexibility index (Phi) is 6.09. The maximum absolute atomic E-state index is 14.4. The molecule has 2 saturated heterocycles. The number of hydroxylamine groups is 2. The van der Waals surface area contributed by atoms with E-state index in [-0.39, 0.29) is 31.5 Å². The van der Waals surface area contributed by atoms with Gasteiger partial charge < -0.3 is 20.0 Å². The third-order valence-corrected chi connectivity index (χ3v) is 4.43. The number of nitrogens with zero attached hydrogens (tertiary/aromatic N) is 3. The van der Waals surface area contributed by atoms with Crippen LogP contribution >= 0.6 is 0 Å². The molecule has 2 heterocycles. The largest absolute Gasteiger partial charge is 0.475 e. The lowest BCUT2D eigenvalue weighted by molar-refractivity contribution is -0.123. The lowest BCUT2D eigenvalue weighted by Crippen LogP contribution is -2.46. The molecule has 148 valence electrons. The van der Waals surface area contributed by atoms with E-state index < -0.39 is 18.0 Å². The fourth-order valence-corrected chi connectivity index (χ4v) is 2.90. The highest BCUT2D eigenvalue weighted by Gasteiger charge is 2.32. The summed E-state index contributed by atoms with van der Waals surface area (Å²) in [5, 5.41) is 13.2. The first-order valence-corrected chi connectivity index (χ1v) is 8.73. The first-order chi connectivity index (χ1) is 12.9. The number of hydrogen-bond donors (Lipinski definition) is 2. The van der Waals surface area contributed by atoms with Gasteiger partial charge in [-0.15, -0.1) is 0 Å². The first-order valence-electron chi connectivity index (χ1n) is 8.73. The van der Waals surface area contributed by atoms with Gasteiger partial charge in [0.05, 0.1) is 18.8 Å². The first kappa shape index (κ1) is 19.3. The Morgan fingerprint density at radius 3 is 2.78 bits per heavy atom. The number of carbonyl (C=O) groups is 2. The Morgan fingerprint density at radius 1 is 1.37 bits per heavy atom. The predicted octanol–water partition coefficient (Wildman–Crippen LogP) is 0.630. The zero-order valence-electron chi connectivity index (χ0n) is 15.1. The normalized spacial score (nSPS) is 21.2. The molecule has 27 heavy (non-hydrogen) atoms. The van der Waals surface area contributed by atoms with Crippen LogP contribution in [0.3, 0.4) is 0 Å². The number of rotatable bonds is 6. The standard InChI is InChI=1S/C17H23FN4O5/c1-12(23)19-9-14-10-22(17(24)27-14)13-2-3-16(15(18)8-13)26-11-20-4-6-21(25)7-5-20/h2-3,8,14,25H,4-7,9-11H2,1H3,(H,19,23)/t14-/m0/s1. The zero-order chi connectivity index (χ0) is 19.4. The summed E-state index contributed by atoms with van der Waals surface area (Å²) in [5.74, 6) is -0.698. The summed E-state index contributed by atoms with van der Waals surface area (Å²) in [5.41, 5.74) is 0.365. The van der Waals surface area contributed by atoms with Crippen molar-refractivity contribution in [2.45, 2.75) is 13.0 Å². The smallest absolute Gasteiger partial charge is 0.414 e. The van der Waals surface area contributed by atoms with Gasteiger partial charge in [0.2, 0.25) is 5.91 Å². The van der Waals surface area contributed by atoms with Crippen molar-refractivity contribution in [2.75, 3.05) is 50.9 Å². The van der Waals surface area contributed by atoms with E-state index in [9.17, 15) is 19.2 Å². The van der Waals surface area contributed by atoms with E-state index in [0.717, 1.165) is 0 Å². The molecule has 3 rings (SSSR count). The third kappa shape index (κ3) is 5.06. The van der Waals surface area contributed by atoms with Crippen LogP contribution < -0.4 is 15.0 Å². The topological polar surface area (TPSA) is 94.6 Å². The van der Waals surface area contributed by atoms with Crippen LogP contribution in [-0.2, 0) is 9.53 Å². The Hall–Kier alpha value is -2.43. The monoisotopic (exact) mass is 382 g/mol. The SMILES string of the molecule is CC(=O)NC[C@H]1CN(c2ccc(OCN3CCN(O)CC3)c(F)c2)C(=O)O1. The van der Waals surface area contributed by atoms with Crippen LogP contribution in [0.2, 0.25) is 0 Å². The van der Waals surface area contributed by atoms with Crippen LogP contribution in [-0.4, -0.2) is 79.3 Å². The molecule has 0 aliphatic carbocycles. The van der Waals surface area contributed by atoms with Crippen molar-refractivity contribution in [1.82, 2.24) is 15.3 Å². The van der Waals surface area contributed by atoms with Crippen molar-refractivity contribution in [1.29, 1.82) is 0 Å². The Bertz CT molecular complexity index is 696. The van der Waals surface area contributed by atoms with Gasteiger partial charge in [-0.25, -0.2) is 9.18 Å². The second-order valence-electron chi connectivity index (χ2n) is 6.51. The Balaban J connectivity index is 1.56. The fraction of sp³-hybridized carbons (Fsp3) is 0.529. The van der Waals surface area contributed by atoms with Gasteiger partial charge in [0, 0.05) is 39.2 Å². The second kappa shape index (κ2) is 8.51. The molecule has 2 aliphatic heterocycles. The minimum Gasteiger partial charge on any atom is -0.475 e. The average Bonchev–Trinajstić information content (AvgIpc) is 3.01. The van der Waals surface area contributed by atoms with Gasteiger partial charge in [0.15, 0.2) is 11.6 Å². The van der Waals surface area contributed by atoms with Crippen molar-refractivity contribution in [3.8, 4) is 5.75 Å². The van der Waals surface area contributed by atoms with Crippen LogP contribution in [0.1, 0.15) is 6.92 Å². The summed E-state index contributed by atoms with van der Waals surface area (Å²) in [7, 11) is 0. The van der Waals surface area contributed by atoms with Crippen molar-refractivity contribution in [3.05, 3.63) is 24.0 Å². The number of piperazine rings is 1. The zero-order valence-corrected chi connectivity index (χ0v) is 15.1. The van der Waals surface area contributed by atoms with Crippen molar-refractivity contribution >= 4 is 17.7 Å². The van der Waals surface area contributed by atoms with Gasteiger partial charge in [0.1, 0.15) is 12.8 Å². The van der Waals surface area contributed by atoms with Crippen LogP contribution in [0.5, 0.6) is 5.75 Å². The van der Waals surface area contributed by atoms with E-state index in [2.05, 4.69) is 5.32 Å². The van der Waals surface area contributed by atoms with Gasteiger partial charge >= 0.3 is 6.09 Å². The average molecular weight is 382 g/mol. The summed E-state index contributed by atoms with van der Waals surface area (Å²) in [4.78, 5) is 26.2. The van der Waals surface area contributed by atoms with E-state index in [4.69, 9.17) is 9.47 Å². The number of anilines is 1. The number of nitrogens with one attached hydrogen (secondary N) is 1. The number of ether oxygens (including phenoxy) is 2. The van der Waals surface area contributed by atoms with Gasteiger partial charge in [-0.2, -0.15) is 5.06 Å². The summed E-state index contributed by atoms with van der Waals surface area (Å²) in [6.45, 7) is 4.33. The van der Waals surface area contributed by atoms with Crippen molar-refractivity contribution in [3.63, 3.8) is 0 Å². The highest BCUT2D eigenvalue weighted by molar-refractivity contribution is 5.89. The summed E-state index contributed by atoms with van der Waals surface area (Å²) in [6, 6.07) is 4.29. The van der Waals surface area contributed by atoms with Gasteiger partial charge in [0.25, 0.3) is 0 Å². The number of halogens is 1. The van der Waals surface area contributed by atoms with Crippen molar-refractivity contribution in [2.24, 2.45) is 0 Å². The van der Waals surface area contributed by atoms with Crippen LogP contribution in [0.25, 0.3) is 0 Å². The van der Waals surface area contributed by atoms with Crippen LogP contribution in [0.15, 0.2) is 18.2 Å². The molecule has 1 atom stereocenters. The molecular weight excluding hydrogens is 359 g/mol. The van der Waals surface area contributed by atoms with E-state index >= 15 is 0 Å². The van der Waals surface area contributed by atoms with E-state index in [1.54, 1.807) is 6.07 Å². The van der Waals surface area contributed by atoms with Gasteiger partial charge in [-0.1, -0.05) is 0 Å². The van der Waals surface area contributed by atoms with Crippen LogP contribution in [0.4, 0.5) is 14.9 Å². The number of benzene rings is 1. The molecule has 10 heteroatoms. The molecule has 2 fully saturated rings. The molecule has 0 aromatic heterocycles. The molecule has 2 N–H and O–H groups in total. The predicted molar refractivity (Wildman–Crippen MR) is 93.1 cm³/mol. The van der Waals surface area contributed by atoms with E-state index in [1.165, 1.54) is 29.0 Å². The molecule has 0 spiro atoms. The highest BCUT2D eigenvalue weighted by atomic mass is 19.1. The molecule has 2 aliphatic rings. The number of hydrogen-bond acceptors (Lipinski definition) is 7. The summed E-state index contributed by atoms with van der Waals surface area (Å²) >= 11 is 0. The molecule has 9 nitrogen and oxygen atoms in total. The lowest BCUT2D eigenvalue weighted by Gasteiger charge is -2.30. The Labute approximate surface area is 156 Å². The quantitative estimate of drug-likeness (QED) is 0.745. The molecule has 1 aromatic rings. The highest BCUT2D eigenvalue weighted by Crippen LogP contribution is 2.27. The maximum Gasteiger partial charge on any atom is 0.414 e. The fourth-order valence-electron chi connectivity index (χ4n) is 2.90. The molecule has 0 unspecified atom stereocenters. The summed E-state index contributed by atoms with van der Waals surface area (Å²) < 4.78 is 25.1. The molecular formula is C17H23FN4O5. The van der Waals surface area contributed by atoms with Crippen molar-refractivity contribution < 1.29 is 28.7 Å². The maximum atomic E-state index is 14.4. The van der Waals surface area contributed by atoms with Gasteiger partial charge in [-0.3, -0.25) is 14.6 Å². The molecule has 0 bridgehead atoms. The van der Waals surface area contributed by atoms with Gasteiger partial charge in [-0.05, 0) is 12.1 Å². The number of cyclic esters (lactones) is 1. The van der Waals surface area contributed by atoms with E-state index in [0.29, 0.717) is 31.9 Å². The third-order valence-electron chi connectivity index (χ3n) is 4.43. The minimum absolute atomic E-state index is 0.0903. The minimum atomic E-state index is -0.583.